The number of benzene rings is 1. The molecule has 0 aliphatic heterocycles. The van der Waals surface area contributed by atoms with Crippen LogP contribution < -0.4 is 4.72 Å². The number of rotatable bonds is 4. The van der Waals surface area contributed by atoms with Gasteiger partial charge in [-0.3, -0.25) is 9.78 Å². The van der Waals surface area contributed by atoms with Crippen molar-refractivity contribution in [3.63, 3.8) is 0 Å². The molecule has 0 radical (unpaired) electrons. The van der Waals surface area contributed by atoms with Crippen LogP contribution >= 0.6 is 35.0 Å². The Morgan fingerprint density at radius 3 is 2.59 bits per heavy atom. The number of nitrogens with zero attached hydrogens (tertiary/aromatic N) is 1. The fourth-order valence-corrected chi connectivity index (χ4v) is 4.25. The molecule has 1 aromatic carbocycles. The summed E-state index contributed by atoms with van der Waals surface area (Å²) in [4.78, 5) is 15.9. The standard InChI is InChI=1S/C13H10Cl2N2O3S2/c1-8(18)17-22(19,20)13-7-16-5-4-12(13)21-9-2-3-10(14)11(15)6-9/h2-7H,1H3,(H,17,18). The first-order chi connectivity index (χ1) is 10.3. The molecule has 0 aliphatic carbocycles. The molecule has 116 valence electrons. The van der Waals surface area contributed by atoms with E-state index in [1.165, 1.54) is 24.2 Å². The van der Waals surface area contributed by atoms with Crippen molar-refractivity contribution < 1.29 is 13.2 Å². The third kappa shape index (κ3) is 4.13. The Hall–Kier alpha value is -1.28. The number of halogens is 2. The van der Waals surface area contributed by atoms with Gasteiger partial charge in [0.2, 0.25) is 5.91 Å². The van der Waals surface area contributed by atoms with Gasteiger partial charge in [0.25, 0.3) is 10.0 Å². The van der Waals surface area contributed by atoms with Crippen molar-refractivity contribution in [1.82, 2.24) is 9.71 Å². The third-order valence-electron chi connectivity index (χ3n) is 2.43. The molecule has 2 rings (SSSR count). The van der Waals surface area contributed by atoms with Crippen molar-refractivity contribution >= 4 is 50.9 Å². The largest absolute Gasteiger partial charge is 0.274 e. The van der Waals surface area contributed by atoms with Crippen molar-refractivity contribution in [3.8, 4) is 0 Å². The van der Waals surface area contributed by atoms with E-state index in [9.17, 15) is 13.2 Å². The topological polar surface area (TPSA) is 76.1 Å². The van der Waals surface area contributed by atoms with Gasteiger partial charge >= 0.3 is 0 Å². The molecular weight excluding hydrogens is 367 g/mol. The highest BCUT2D eigenvalue weighted by Gasteiger charge is 2.20. The van der Waals surface area contributed by atoms with Crippen LogP contribution in [0.3, 0.4) is 0 Å². The van der Waals surface area contributed by atoms with Gasteiger partial charge in [-0.25, -0.2) is 13.1 Å². The number of nitrogens with one attached hydrogen (secondary N) is 1. The lowest BCUT2D eigenvalue weighted by Crippen LogP contribution is -2.28. The van der Waals surface area contributed by atoms with Gasteiger partial charge in [0.05, 0.1) is 10.0 Å². The summed E-state index contributed by atoms with van der Waals surface area (Å²) in [6, 6.07) is 6.51. The molecule has 1 N–H and O–H groups in total. The molecule has 1 aromatic heterocycles. The van der Waals surface area contributed by atoms with Gasteiger partial charge in [0.1, 0.15) is 4.90 Å². The van der Waals surface area contributed by atoms with Crippen LogP contribution in [0.15, 0.2) is 51.3 Å². The maximum atomic E-state index is 12.1. The molecule has 0 aliphatic rings. The first-order valence-corrected chi connectivity index (χ1v) is 8.95. The Labute approximate surface area is 142 Å². The van der Waals surface area contributed by atoms with E-state index in [1.807, 2.05) is 4.72 Å². The van der Waals surface area contributed by atoms with Crippen LogP contribution in [-0.2, 0) is 14.8 Å². The zero-order valence-electron chi connectivity index (χ0n) is 11.2. The lowest BCUT2D eigenvalue weighted by molar-refractivity contribution is -0.117. The number of carbonyl (C=O) groups is 1. The average Bonchev–Trinajstić information content (AvgIpc) is 2.42. The molecule has 0 saturated carbocycles. The second kappa shape index (κ2) is 6.87. The van der Waals surface area contributed by atoms with Crippen LogP contribution in [0.4, 0.5) is 0 Å². The molecule has 0 spiro atoms. The number of pyridine rings is 1. The normalized spacial score (nSPS) is 11.2. The van der Waals surface area contributed by atoms with Crippen LogP contribution in [0.25, 0.3) is 0 Å². The maximum absolute atomic E-state index is 12.1. The fraction of sp³-hybridized carbons (Fsp3) is 0.0769. The highest BCUT2D eigenvalue weighted by molar-refractivity contribution is 8.00. The molecule has 0 bridgehead atoms. The Kier molecular flexibility index (Phi) is 5.33. The molecule has 0 fully saturated rings. The first-order valence-electron chi connectivity index (χ1n) is 5.90. The van der Waals surface area contributed by atoms with E-state index < -0.39 is 15.9 Å². The van der Waals surface area contributed by atoms with Crippen molar-refractivity contribution in [3.05, 3.63) is 46.7 Å². The van der Waals surface area contributed by atoms with E-state index in [4.69, 9.17) is 23.2 Å². The minimum Gasteiger partial charge on any atom is -0.274 e. The highest BCUT2D eigenvalue weighted by Crippen LogP contribution is 2.35. The van der Waals surface area contributed by atoms with E-state index in [1.54, 1.807) is 24.3 Å². The highest BCUT2D eigenvalue weighted by atomic mass is 35.5. The van der Waals surface area contributed by atoms with Crippen molar-refractivity contribution in [2.75, 3.05) is 0 Å². The Morgan fingerprint density at radius 2 is 1.95 bits per heavy atom. The molecule has 0 saturated heterocycles. The number of aromatic nitrogens is 1. The van der Waals surface area contributed by atoms with Gasteiger partial charge in [0, 0.05) is 29.1 Å². The first kappa shape index (κ1) is 17.1. The van der Waals surface area contributed by atoms with Gasteiger partial charge in [-0.05, 0) is 24.3 Å². The second-order valence-corrected chi connectivity index (χ2v) is 7.74. The summed E-state index contributed by atoms with van der Waals surface area (Å²) in [5.41, 5.74) is 0. The molecule has 22 heavy (non-hydrogen) atoms. The van der Waals surface area contributed by atoms with E-state index >= 15 is 0 Å². The predicted octanol–water partition coefficient (Wildman–Crippen LogP) is 3.36. The zero-order chi connectivity index (χ0) is 16.3. The number of carbonyl (C=O) groups excluding carboxylic acids is 1. The summed E-state index contributed by atoms with van der Waals surface area (Å²) >= 11 is 13.0. The van der Waals surface area contributed by atoms with Crippen LogP contribution in [-0.4, -0.2) is 19.3 Å². The lowest BCUT2D eigenvalue weighted by atomic mass is 10.4. The minimum atomic E-state index is -3.97. The van der Waals surface area contributed by atoms with Crippen LogP contribution in [0.2, 0.25) is 10.0 Å². The monoisotopic (exact) mass is 376 g/mol. The quantitative estimate of drug-likeness (QED) is 0.884. The second-order valence-electron chi connectivity index (χ2n) is 4.16. The van der Waals surface area contributed by atoms with E-state index in [0.29, 0.717) is 19.8 Å². The van der Waals surface area contributed by atoms with E-state index in [2.05, 4.69) is 4.98 Å². The average molecular weight is 377 g/mol. The van der Waals surface area contributed by atoms with Crippen molar-refractivity contribution in [1.29, 1.82) is 0 Å². The molecule has 2 aromatic rings. The van der Waals surface area contributed by atoms with Crippen LogP contribution in [0.5, 0.6) is 0 Å². The van der Waals surface area contributed by atoms with Gasteiger partial charge in [-0.15, -0.1) is 0 Å². The summed E-state index contributed by atoms with van der Waals surface area (Å²) in [5.74, 6) is -0.672. The summed E-state index contributed by atoms with van der Waals surface area (Å²) < 4.78 is 26.2. The molecule has 1 amide bonds. The zero-order valence-corrected chi connectivity index (χ0v) is 14.4. The van der Waals surface area contributed by atoms with Crippen molar-refractivity contribution in [2.45, 2.75) is 21.6 Å². The Bertz CT molecular complexity index is 826. The SMILES string of the molecule is CC(=O)NS(=O)(=O)c1cnccc1Sc1ccc(Cl)c(Cl)c1. The predicted molar refractivity (Wildman–Crippen MR) is 85.8 cm³/mol. The van der Waals surface area contributed by atoms with Gasteiger partial charge < -0.3 is 0 Å². The lowest BCUT2D eigenvalue weighted by Gasteiger charge is -2.10. The van der Waals surface area contributed by atoms with Crippen LogP contribution in [0, 0.1) is 0 Å². The van der Waals surface area contributed by atoms with Gasteiger partial charge in [0.15, 0.2) is 0 Å². The van der Waals surface area contributed by atoms with Gasteiger partial charge in [-0.2, -0.15) is 0 Å². The number of amides is 1. The van der Waals surface area contributed by atoms with Crippen LogP contribution in [0.1, 0.15) is 6.92 Å². The number of hydrogen-bond donors (Lipinski definition) is 1. The molecule has 5 nitrogen and oxygen atoms in total. The number of sulfonamides is 1. The summed E-state index contributed by atoms with van der Waals surface area (Å²) in [6.07, 6.45) is 2.65. The summed E-state index contributed by atoms with van der Waals surface area (Å²) in [5, 5.41) is 0.777. The molecular formula is C13H10Cl2N2O3S2. The molecule has 1 heterocycles. The summed E-state index contributed by atoms with van der Waals surface area (Å²) in [6.45, 7) is 1.12. The van der Waals surface area contributed by atoms with E-state index in [0.717, 1.165) is 6.92 Å². The Balaban J connectivity index is 2.40. The molecule has 0 atom stereocenters. The minimum absolute atomic E-state index is 0.0822. The Morgan fingerprint density at radius 1 is 1.23 bits per heavy atom. The molecule has 9 heteroatoms. The van der Waals surface area contributed by atoms with Crippen molar-refractivity contribution in [2.24, 2.45) is 0 Å². The number of hydrogen-bond acceptors (Lipinski definition) is 5. The third-order valence-corrected chi connectivity index (χ3v) is 5.83. The maximum Gasteiger partial charge on any atom is 0.266 e. The van der Waals surface area contributed by atoms with Gasteiger partial charge in [-0.1, -0.05) is 35.0 Å². The molecule has 0 unspecified atom stereocenters. The van der Waals surface area contributed by atoms with E-state index in [-0.39, 0.29) is 4.90 Å². The summed E-state index contributed by atoms with van der Waals surface area (Å²) in [7, 11) is -3.97. The fourth-order valence-electron chi connectivity index (χ4n) is 1.56. The smallest absolute Gasteiger partial charge is 0.266 e.